The molecule has 2 aliphatic carbocycles. The normalized spacial score (nSPS) is 25.0. The zero-order valence-corrected chi connectivity index (χ0v) is 12.7. The number of rotatable bonds is 3. The van der Waals surface area contributed by atoms with Gasteiger partial charge in [-0.3, -0.25) is 4.79 Å². The third-order valence-corrected chi connectivity index (χ3v) is 4.78. The number of Topliss-reactive ketones (excluding diaryl/α,β-unsaturated/α-hetero) is 1. The van der Waals surface area contributed by atoms with Gasteiger partial charge in [0, 0.05) is 12.0 Å². The molecule has 3 rings (SSSR count). The Hall–Kier alpha value is -1.77. The zero-order chi connectivity index (χ0) is 14.8. The van der Waals surface area contributed by atoms with Gasteiger partial charge in [0.05, 0.1) is 20.1 Å². The molecule has 2 atom stereocenters. The lowest BCUT2D eigenvalue weighted by Crippen LogP contribution is -2.20. The van der Waals surface area contributed by atoms with Crippen molar-refractivity contribution in [1.29, 1.82) is 0 Å². The van der Waals surface area contributed by atoms with Crippen molar-refractivity contribution < 1.29 is 14.3 Å². The van der Waals surface area contributed by atoms with Gasteiger partial charge in [-0.25, -0.2) is 0 Å². The lowest BCUT2D eigenvalue weighted by Gasteiger charge is -2.24. The van der Waals surface area contributed by atoms with Gasteiger partial charge in [0.1, 0.15) is 17.3 Å². The third-order valence-electron chi connectivity index (χ3n) is 4.78. The molecular formula is C18H22O3. The highest BCUT2D eigenvalue weighted by Gasteiger charge is 2.37. The van der Waals surface area contributed by atoms with Gasteiger partial charge in [-0.15, -0.1) is 0 Å². The molecule has 0 N–H and O–H groups in total. The number of benzene rings is 1. The summed E-state index contributed by atoms with van der Waals surface area (Å²) in [6.45, 7) is 0. The highest BCUT2D eigenvalue weighted by Crippen LogP contribution is 2.47. The lowest BCUT2D eigenvalue weighted by molar-refractivity contribution is -0.121. The van der Waals surface area contributed by atoms with Crippen LogP contribution in [0.5, 0.6) is 11.5 Å². The monoisotopic (exact) mass is 286 g/mol. The summed E-state index contributed by atoms with van der Waals surface area (Å²) in [6, 6.07) is 5.77. The first kappa shape index (κ1) is 14.2. The third kappa shape index (κ3) is 2.57. The van der Waals surface area contributed by atoms with E-state index in [1.807, 2.05) is 18.2 Å². The summed E-state index contributed by atoms with van der Waals surface area (Å²) in [6.07, 6.45) is 7.23. The molecular weight excluding hydrogens is 264 g/mol. The van der Waals surface area contributed by atoms with Crippen LogP contribution in [0, 0.1) is 5.92 Å². The second-order valence-corrected chi connectivity index (χ2v) is 5.87. The molecule has 1 saturated carbocycles. The van der Waals surface area contributed by atoms with Gasteiger partial charge in [0.15, 0.2) is 0 Å². The Balaban J connectivity index is 2.07. The lowest BCUT2D eigenvalue weighted by atomic mass is 9.80. The van der Waals surface area contributed by atoms with E-state index in [2.05, 4.69) is 6.08 Å². The van der Waals surface area contributed by atoms with Crippen LogP contribution in [-0.4, -0.2) is 20.0 Å². The fourth-order valence-corrected chi connectivity index (χ4v) is 3.78. The van der Waals surface area contributed by atoms with Crippen molar-refractivity contribution in [3.63, 3.8) is 0 Å². The van der Waals surface area contributed by atoms with E-state index in [1.165, 1.54) is 12.0 Å². The van der Waals surface area contributed by atoms with E-state index in [9.17, 15) is 4.79 Å². The first-order chi connectivity index (χ1) is 10.2. The Bertz CT molecular complexity index is 574. The second kappa shape index (κ2) is 5.92. The van der Waals surface area contributed by atoms with Gasteiger partial charge in [-0.2, -0.15) is 0 Å². The number of ketones is 1. The number of carbonyl (C=O) groups excluding carboxylic acids is 1. The molecule has 0 aliphatic heterocycles. The molecule has 0 aromatic heterocycles. The van der Waals surface area contributed by atoms with Crippen molar-refractivity contribution in [2.45, 2.75) is 38.0 Å². The predicted molar refractivity (Wildman–Crippen MR) is 82.0 cm³/mol. The van der Waals surface area contributed by atoms with Crippen LogP contribution in [0.2, 0.25) is 0 Å². The average molecular weight is 286 g/mol. The topological polar surface area (TPSA) is 35.5 Å². The summed E-state index contributed by atoms with van der Waals surface area (Å²) in [5.74, 6) is 2.18. The van der Waals surface area contributed by atoms with Crippen molar-refractivity contribution in [2.24, 2.45) is 5.92 Å². The van der Waals surface area contributed by atoms with Gasteiger partial charge in [0.2, 0.25) is 0 Å². The summed E-state index contributed by atoms with van der Waals surface area (Å²) >= 11 is 0. The number of allylic oxidation sites excluding steroid dienone is 2. The van der Waals surface area contributed by atoms with Gasteiger partial charge in [0.25, 0.3) is 0 Å². The number of hydrogen-bond donors (Lipinski definition) is 0. The van der Waals surface area contributed by atoms with E-state index in [4.69, 9.17) is 9.47 Å². The predicted octanol–water partition coefficient (Wildman–Crippen LogP) is 3.88. The first-order valence-corrected chi connectivity index (χ1v) is 7.68. The minimum Gasteiger partial charge on any atom is -0.497 e. The second-order valence-electron chi connectivity index (χ2n) is 5.87. The van der Waals surface area contributed by atoms with Crippen molar-refractivity contribution in [3.8, 4) is 11.5 Å². The molecule has 1 aromatic rings. The molecule has 3 nitrogen and oxygen atoms in total. The smallest absolute Gasteiger partial charge is 0.141 e. The van der Waals surface area contributed by atoms with Gasteiger partial charge in [-0.05, 0) is 49.8 Å². The molecule has 1 fully saturated rings. The molecule has 1 aromatic carbocycles. The van der Waals surface area contributed by atoms with E-state index < -0.39 is 0 Å². The van der Waals surface area contributed by atoms with E-state index in [0.29, 0.717) is 18.1 Å². The largest absolute Gasteiger partial charge is 0.497 e. The fraction of sp³-hybridized carbons (Fsp3) is 0.500. The van der Waals surface area contributed by atoms with E-state index >= 15 is 0 Å². The van der Waals surface area contributed by atoms with Crippen molar-refractivity contribution in [3.05, 3.63) is 35.4 Å². The highest BCUT2D eigenvalue weighted by molar-refractivity contribution is 5.88. The molecule has 21 heavy (non-hydrogen) atoms. The van der Waals surface area contributed by atoms with Crippen LogP contribution >= 0.6 is 0 Å². The van der Waals surface area contributed by atoms with Crippen molar-refractivity contribution in [2.75, 3.05) is 14.2 Å². The Morgan fingerprint density at radius 3 is 2.76 bits per heavy atom. The average Bonchev–Trinajstić information content (AvgIpc) is 2.89. The maximum Gasteiger partial charge on any atom is 0.141 e. The molecule has 0 saturated heterocycles. The van der Waals surface area contributed by atoms with Gasteiger partial charge < -0.3 is 9.47 Å². The van der Waals surface area contributed by atoms with Crippen LogP contribution in [-0.2, 0) is 4.79 Å². The Morgan fingerprint density at radius 2 is 2.00 bits per heavy atom. The van der Waals surface area contributed by atoms with Crippen LogP contribution in [0.15, 0.2) is 29.8 Å². The van der Waals surface area contributed by atoms with Crippen LogP contribution in [0.25, 0.3) is 0 Å². The summed E-state index contributed by atoms with van der Waals surface area (Å²) in [4.78, 5) is 12.7. The maximum absolute atomic E-state index is 12.7. The SMILES string of the molecule is COc1ccc(OC)c([C@@H]2C(=O)CCC=C3CCC[C@H]32)c1. The van der Waals surface area contributed by atoms with Gasteiger partial charge in [-0.1, -0.05) is 11.6 Å². The summed E-state index contributed by atoms with van der Waals surface area (Å²) < 4.78 is 10.8. The molecule has 0 spiro atoms. The minimum atomic E-state index is -0.0775. The number of ether oxygens (including phenoxy) is 2. The number of hydrogen-bond acceptors (Lipinski definition) is 3. The van der Waals surface area contributed by atoms with E-state index in [-0.39, 0.29) is 5.92 Å². The number of methoxy groups -OCH3 is 2. The molecule has 0 radical (unpaired) electrons. The van der Waals surface area contributed by atoms with E-state index in [1.54, 1.807) is 14.2 Å². The van der Waals surface area contributed by atoms with Crippen LogP contribution in [0.4, 0.5) is 0 Å². The van der Waals surface area contributed by atoms with Crippen LogP contribution < -0.4 is 9.47 Å². The summed E-state index contributed by atoms with van der Waals surface area (Å²) in [5, 5.41) is 0. The van der Waals surface area contributed by atoms with Crippen molar-refractivity contribution >= 4 is 5.78 Å². The number of carbonyl (C=O) groups is 1. The van der Waals surface area contributed by atoms with Gasteiger partial charge >= 0.3 is 0 Å². The number of fused-ring (bicyclic) bond motifs is 1. The molecule has 0 amide bonds. The Morgan fingerprint density at radius 1 is 1.14 bits per heavy atom. The minimum absolute atomic E-state index is 0.0775. The Kier molecular flexibility index (Phi) is 4.00. The molecule has 0 unspecified atom stereocenters. The molecule has 0 heterocycles. The fourth-order valence-electron chi connectivity index (χ4n) is 3.78. The molecule has 0 bridgehead atoms. The van der Waals surface area contributed by atoms with Crippen LogP contribution in [0.3, 0.4) is 0 Å². The quantitative estimate of drug-likeness (QED) is 0.791. The molecule has 3 heteroatoms. The van der Waals surface area contributed by atoms with E-state index in [0.717, 1.165) is 36.3 Å². The van der Waals surface area contributed by atoms with Crippen molar-refractivity contribution in [1.82, 2.24) is 0 Å². The van der Waals surface area contributed by atoms with Crippen LogP contribution in [0.1, 0.15) is 43.6 Å². The Labute approximate surface area is 125 Å². The maximum atomic E-state index is 12.7. The zero-order valence-electron chi connectivity index (χ0n) is 12.7. The first-order valence-electron chi connectivity index (χ1n) is 7.68. The molecule has 2 aliphatic rings. The summed E-state index contributed by atoms with van der Waals surface area (Å²) in [5.41, 5.74) is 2.46. The highest BCUT2D eigenvalue weighted by atomic mass is 16.5. The molecule has 112 valence electrons. The standard InChI is InChI=1S/C18H22O3/c1-20-13-9-10-17(21-2)15(11-13)18-14-7-3-5-12(14)6-4-8-16(18)19/h6,9-11,14,18H,3-5,7-8H2,1-2H3/t14-,18-/m1/s1. The summed E-state index contributed by atoms with van der Waals surface area (Å²) in [7, 11) is 3.32.